The molecule has 0 saturated carbocycles. The van der Waals surface area contributed by atoms with Crippen molar-refractivity contribution in [1.82, 2.24) is 4.90 Å². The van der Waals surface area contributed by atoms with E-state index in [-0.39, 0.29) is 23.5 Å². The normalized spacial score (nSPS) is 16.9. The lowest BCUT2D eigenvalue weighted by atomic mass is 10.2. The van der Waals surface area contributed by atoms with Crippen molar-refractivity contribution in [2.75, 3.05) is 0 Å². The van der Waals surface area contributed by atoms with Crippen molar-refractivity contribution in [3.63, 3.8) is 0 Å². The second kappa shape index (κ2) is 6.66. The van der Waals surface area contributed by atoms with Gasteiger partial charge in [0.2, 0.25) is 0 Å². The second-order valence-electron chi connectivity index (χ2n) is 4.79. The van der Waals surface area contributed by atoms with Crippen molar-refractivity contribution in [3.8, 4) is 0 Å². The van der Waals surface area contributed by atoms with E-state index in [4.69, 9.17) is 4.42 Å². The first-order valence-electron chi connectivity index (χ1n) is 6.83. The fraction of sp³-hybridized carbons (Fsp3) is 0.0588. The summed E-state index contributed by atoms with van der Waals surface area (Å²) in [4.78, 5) is 25.7. The summed E-state index contributed by atoms with van der Waals surface area (Å²) >= 11 is 0.884. The molecule has 2 amide bonds. The van der Waals surface area contributed by atoms with E-state index in [9.17, 15) is 14.0 Å². The molecule has 0 atom stereocenters. The van der Waals surface area contributed by atoms with Gasteiger partial charge in [0.1, 0.15) is 11.6 Å². The minimum atomic E-state index is -0.356. The van der Waals surface area contributed by atoms with Gasteiger partial charge in [-0.15, -0.1) is 0 Å². The number of benzene rings is 1. The number of furan rings is 1. The van der Waals surface area contributed by atoms with Crippen LogP contribution >= 0.6 is 11.8 Å². The molecule has 2 aromatic rings. The molecule has 3 rings (SSSR count). The Morgan fingerprint density at radius 2 is 1.96 bits per heavy atom. The van der Waals surface area contributed by atoms with Crippen LogP contribution in [0.4, 0.5) is 9.18 Å². The van der Waals surface area contributed by atoms with Crippen LogP contribution in [0.3, 0.4) is 0 Å². The summed E-state index contributed by atoms with van der Waals surface area (Å²) in [5.74, 6) is -0.0499. The van der Waals surface area contributed by atoms with Crippen molar-refractivity contribution < 1.29 is 18.4 Å². The van der Waals surface area contributed by atoms with Crippen molar-refractivity contribution in [2.45, 2.75) is 6.54 Å². The van der Waals surface area contributed by atoms with Gasteiger partial charge in [0.25, 0.3) is 11.1 Å². The van der Waals surface area contributed by atoms with Gasteiger partial charge in [-0.1, -0.05) is 18.2 Å². The second-order valence-corrected chi connectivity index (χ2v) is 5.78. The zero-order valence-electron chi connectivity index (χ0n) is 11.9. The van der Waals surface area contributed by atoms with Crippen LogP contribution < -0.4 is 0 Å². The molecule has 6 heteroatoms. The number of hydrogen-bond acceptors (Lipinski definition) is 4. The number of hydrogen-bond donors (Lipinski definition) is 0. The van der Waals surface area contributed by atoms with E-state index in [1.165, 1.54) is 12.1 Å². The van der Waals surface area contributed by atoms with Gasteiger partial charge in [-0.2, -0.15) is 0 Å². The molecule has 1 saturated heterocycles. The Labute approximate surface area is 136 Å². The SMILES string of the molecule is O=C1S/C(=C\C=C\c2ccco2)C(=O)N1Cc1ccc(F)cc1. The first kappa shape index (κ1) is 15.3. The van der Waals surface area contributed by atoms with Gasteiger partial charge in [-0.05, 0) is 53.7 Å². The number of nitrogens with zero attached hydrogens (tertiary/aromatic N) is 1. The first-order valence-corrected chi connectivity index (χ1v) is 7.65. The topological polar surface area (TPSA) is 50.5 Å². The van der Waals surface area contributed by atoms with E-state index >= 15 is 0 Å². The molecule has 4 nitrogen and oxygen atoms in total. The van der Waals surface area contributed by atoms with Crippen LogP contribution in [-0.4, -0.2) is 16.0 Å². The van der Waals surface area contributed by atoms with Gasteiger partial charge in [0.05, 0.1) is 17.7 Å². The van der Waals surface area contributed by atoms with Crippen LogP contribution in [0.1, 0.15) is 11.3 Å². The zero-order valence-corrected chi connectivity index (χ0v) is 12.8. The lowest BCUT2D eigenvalue weighted by Gasteiger charge is -2.12. The van der Waals surface area contributed by atoms with E-state index in [0.29, 0.717) is 16.2 Å². The molecule has 0 spiro atoms. The molecule has 1 aromatic carbocycles. The number of allylic oxidation sites excluding steroid dienone is 2. The molecule has 0 aliphatic carbocycles. The van der Waals surface area contributed by atoms with Gasteiger partial charge in [0, 0.05) is 0 Å². The minimum Gasteiger partial charge on any atom is -0.465 e. The third kappa shape index (κ3) is 3.60. The molecule has 1 aliphatic rings. The lowest BCUT2D eigenvalue weighted by molar-refractivity contribution is -0.123. The molecule has 0 N–H and O–H groups in total. The molecular weight excluding hydrogens is 317 g/mol. The summed E-state index contributed by atoms with van der Waals surface area (Å²) in [7, 11) is 0. The zero-order chi connectivity index (χ0) is 16.2. The molecule has 23 heavy (non-hydrogen) atoms. The van der Waals surface area contributed by atoms with Crippen LogP contribution in [0.5, 0.6) is 0 Å². The fourth-order valence-electron chi connectivity index (χ4n) is 2.04. The first-order chi connectivity index (χ1) is 11.1. The number of amides is 2. The highest BCUT2D eigenvalue weighted by Gasteiger charge is 2.34. The van der Waals surface area contributed by atoms with Crippen LogP contribution in [-0.2, 0) is 11.3 Å². The molecule has 2 heterocycles. The van der Waals surface area contributed by atoms with Crippen molar-refractivity contribution >= 4 is 29.0 Å². The van der Waals surface area contributed by atoms with Gasteiger partial charge >= 0.3 is 0 Å². The Kier molecular flexibility index (Phi) is 4.43. The quantitative estimate of drug-likeness (QED) is 0.788. The van der Waals surface area contributed by atoms with Crippen molar-refractivity contribution in [2.24, 2.45) is 0 Å². The average molecular weight is 329 g/mol. The number of carbonyl (C=O) groups excluding carboxylic acids is 2. The Bertz CT molecular complexity index is 779. The Balaban J connectivity index is 1.70. The largest absolute Gasteiger partial charge is 0.465 e. The summed E-state index contributed by atoms with van der Waals surface area (Å²) < 4.78 is 18.0. The predicted molar refractivity (Wildman–Crippen MR) is 85.8 cm³/mol. The van der Waals surface area contributed by atoms with Gasteiger partial charge in [-0.3, -0.25) is 14.5 Å². The van der Waals surface area contributed by atoms with E-state index < -0.39 is 0 Å². The van der Waals surface area contributed by atoms with Crippen molar-refractivity contribution in [3.05, 3.63) is 76.9 Å². The molecule has 0 unspecified atom stereocenters. The Hall–Kier alpha value is -2.60. The fourth-order valence-corrected chi connectivity index (χ4v) is 2.83. The molecule has 116 valence electrons. The minimum absolute atomic E-state index is 0.129. The standard InChI is InChI=1S/C17H12FNO3S/c18-13-8-6-12(7-9-13)11-19-16(20)15(23-17(19)21)5-1-3-14-4-2-10-22-14/h1-10H,11H2/b3-1+,15-5-. The lowest BCUT2D eigenvalue weighted by Crippen LogP contribution is -2.27. The Morgan fingerprint density at radius 3 is 2.65 bits per heavy atom. The van der Waals surface area contributed by atoms with Gasteiger partial charge in [-0.25, -0.2) is 4.39 Å². The van der Waals surface area contributed by atoms with Gasteiger partial charge < -0.3 is 4.42 Å². The highest BCUT2D eigenvalue weighted by atomic mass is 32.2. The molecule has 1 fully saturated rings. The van der Waals surface area contributed by atoms with E-state index in [0.717, 1.165) is 16.7 Å². The third-order valence-electron chi connectivity index (χ3n) is 3.18. The van der Waals surface area contributed by atoms with Crippen molar-refractivity contribution in [1.29, 1.82) is 0 Å². The maximum absolute atomic E-state index is 12.9. The summed E-state index contributed by atoms with van der Waals surface area (Å²) in [6, 6.07) is 9.26. The number of rotatable bonds is 4. The number of carbonyl (C=O) groups is 2. The summed E-state index contributed by atoms with van der Waals surface area (Å²) in [6.45, 7) is 0.129. The molecular formula is C17H12FNO3S. The number of imide groups is 1. The maximum atomic E-state index is 12.9. The van der Waals surface area contributed by atoms with Crippen LogP contribution in [0.15, 0.2) is 64.1 Å². The predicted octanol–water partition coefficient (Wildman–Crippen LogP) is 4.21. The molecule has 0 bridgehead atoms. The smallest absolute Gasteiger partial charge is 0.293 e. The molecule has 1 aliphatic heterocycles. The monoisotopic (exact) mass is 329 g/mol. The molecule has 1 aromatic heterocycles. The Morgan fingerprint density at radius 1 is 1.17 bits per heavy atom. The third-order valence-corrected chi connectivity index (χ3v) is 4.10. The number of thioether (sulfide) groups is 1. The maximum Gasteiger partial charge on any atom is 0.293 e. The van der Waals surface area contributed by atoms with Gasteiger partial charge in [0.15, 0.2) is 0 Å². The average Bonchev–Trinajstić information content (AvgIpc) is 3.14. The van der Waals surface area contributed by atoms with Crippen LogP contribution in [0.2, 0.25) is 0 Å². The highest BCUT2D eigenvalue weighted by molar-refractivity contribution is 8.18. The number of halogens is 1. The molecule has 0 radical (unpaired) electrons. The van der Waals surface area contributed by atoms with E-state index in [1.54, 1.807) is 48.8 Å². The highest BCUT2D eigenvalue weighted by Crippen LogP contribution is 2.31. The van der Waals surface area contributed by atoms with E-state index in [2.05, 4.69) is 0 Å². The van der Waals surface area contributed by atoms with E-state index in [1.807, 2.05) is 0 Å². The summed E-state index contributed by atoms with van der Waals surface area (Å²) in [5, 5.41) is -0.336. The van der Waals surface area contributed by atoms with Crippen LogP contribution in [0.25, 0.3) is 6.08 Å². The summed E-state index contributed by atoms with van der Waals surface area (Å²) in [5.41, 5.74) is 0.695. The van der Waals surface area contributed by atoms with Crippen LogP contribution in [0, 0.1) is 5.82 Å². The summed E-state index contributed by atoms with van der Waals surface area (Å²) in [6.07, 6.45) is 6.50.